The fourth-order valence-corrected chi connectivity index (χ4v) is 4.01. The molecule has 0 unspecified atom stereocenters. The summed E-state index contributed by atoms with van der Waals surface area (Å²) in [7, 11) is -2.06. The molecular weight excluding hydrogens is 380 g/mol. The van der Waals surface area contributed by atoms with Gasteiger partial charge >= 0.3 is 0 Å². The molecule has 0 aliphatic carbocycles. The van der Waals surface area contributed by atoms with Crippen LogP contribution in [0.2, 0.25) is 0 Å². The van der Waals surface area contributed by atoms with Crippen molar-refractivity contribution in [1.82, 2.24) is 24.7 Å². The molecule has 2 aromatic heterocycles. The Kier molecular flexibility index (Phi) is 5.90. The third kappa shape index (κ3) is 4.29. The second kappa shape index (κ2) is 8.36. The topological polar surface area (TPSA) is 111 Å². The number of benzene rings is 1. The van der Waals surface area contributed by atoms with Crippen molar-refractivity contribution >= 4 is 15.8 Å². The van der Waals surface area contributed by atoms with Gasteiger partial charge in [-0.2, -0.15) is 5.10 Å². The largest absolute Gasteiger partial charge is 0.496 e. The van der Waals surface area contributed by atoms with Crippen molar-refractivity contribution in [2.24, 2.45) is 0 Å². The molecule has 2 N–H and O–H groups in total. The summed E-state index contributed by atoms with van der Waals surface area (Å²) in [5, 5.41) is 15.2. The Morgan fingerprint density at radius 3 is 2.54 bits per heavy atom. The molecular formula is C18H22N6O3S. The highest BCUT2D eigenvalue weighted by Gasteiger charge is 2.18. The molecule has 0 saturated carbocycles. The number of methoxy groups -OCH3 is 1. The van der Waals surface area contributed by atoms with E-state index in [1.807, 2.05) is 6.92 Å². The minimum Gasteiger partial charge on any atom is -0.496 e. The van der Waals surface area contributed by atoms with E-state index in [1.165, 1.54) is 0 Å². The second-order valence-electron chi connectivity index (χ2n) is 6.07. The molecule has 0 atom stereocenters. The van der Waals surface area contributed by atoms with Crippen molar-refractivity contribution < 1.29 is 13.2 Å². The lowest BCUT2D eigenvalue weighted by Gasteiger charge is -2.14. The van der Waals surface area contributed by atoms with Crippen LogP contribution < -0.4 is 14.8 Å². The third-order valence-corrected chi connectivity index (χ3v) is 5.92. The van der Waals surface area contributed by atoms with E-state index in [0.29, 0.717) is 29.5 Å². The van der Waals surface area contributed by atoms with Crippen molar-refractivity contribution in [3.63, 3.8) is 0 Å². The second-order valence-corrected chi connectivity index (χ2v) is 7.80. The number of ether oxygens (including phenoxy) is 1. The van der Waals surface area contributed by atoms with Crippen LogP contribution in [0.25, 0.3) is 5.82 Å². The van der Waals surface area contributed by atoms with Crippen molar-refractivity contribution in [2.45, 2.75) is 18.7 Å². The molecule has 0 amide bonds. The Balaban J connectivity index is 1.57. The predicted octanol–water partition coefficient (Wildman–Crippen LogP) is 1.68. The third-order valence-electron chi connectivity index (χ3n) is 4.31. The lowest BCUT2D eigenvalue weighted by atomic mass is 10.1. The van der Waals surface area contributed by atoms with Gasteiger partial charge < -0.3 is 10.1 Å². The SMILES string of the molecule is COc1ccc(S(=O)(=O)NCCNc2ccc(-n3cccn3)nn2)c(C)c1C. The summed E-state index contributed by atoms with van der Waals surface area (Å²) in [5.74, 6) is 1.81. The lowest BCUT2D eigenvalue weighted by Crippen LogP contribution is -2.29. The van der Waals surface area contributed by atoms with Crippen LogP contribution in [0, 0.1) is 13.8 Å². The molecule has 0 bridgehead atoms. The van der Waals surface area contributed by atoms with Gasteiger partial charge in [0.2, 0.25) is 10.0 Å². The Morgan fingerprint density at radius 2 is 1.89 bits per heavy atom. The molecule has 0 radical (unpaired) electrons. The molecule has 0 spiro atoms. The van der Waals surface area contributed by atoms with E-state index >= 15 is 0 Å². The number of hydrogen-bond donors (Lipinski definition) is 2. The Bertz CT molecular complexity index is 1030. The first kappa shape index (κ1) is 19.8. The van der Waals surface area contributed by atoms with Crippen molar-refractivity contribution in [3.8, 4) is 11.6 Å². The highest BCUT2D eigenvalue weighted by molar-refractivity contribution is 7.89. The van der Waals surface area contributed by atoms with E-state index < -0.39 is 10.0 Å². The van der Waals surface area contributed by atoms with Gasteiger partial charge in [-0.15, -0.1) is 10.2 Å². The van der Waals surface area contributed by atoms with E-state index in [1.54, 1.807) is 61.4 Å². The summed E-state index contributed by atoms with van der Waals surface area (Å²) in [6, 6.07) is 8.54. The normalized spacial score (nSPS) is 11.4. The molecule has 10 heteroatoms. The summed E-state index contributed by atoms with van der Waals surface area (Å²) in [5.41, 5.74) is 1.47. The first-order valence-electron chi connectivity index (χ1n) is 8.64. The number of nitrogens with one attached hydrogen (secondary N) is 2. The van der Waals surface area contributed by atoms with Crippen LogP contribution >= 0.6 is 0 Å². The minimum absolute atomic E-state index is 0.204. The number of rotatable bonds is 8. The zero-order valence-corrected chi connectivity index (χ0v) is 16.7. The number of sulfonamides is 1. The molecule has 1 aromatic carbocycles. The molecule has 0 saturated heterocycles. The molecule has 0 aliphatic rings. The van der Waals surface area contributed by atoms with Gasteiger partial charge in [-0.05, 0) is 55.3 Å². The molecule has 2 heterocycles. The number of hydrogen-bond acceptors (Lipinski definition) is 7. The van der Waals surface area contributed by atoms with E-state index in [-0.39, 0.29) is 11.4 Å². The maximum absolute atomic E-state index is 12.6. The minimum atomic E-state index is -3.62. The quantitative estimate of drug-likeness (QED) is 0.552. The first-order valence-corrected chi connectivity index (χ1v) is 10.1. The number of anilines is 1. The van der Waals surface area contributed by atoms with Gasteiger partial charge in [0.25, 0.3) is 0 Å². The number of nitrogens with zero attached hydrogens (tertiary/aromatic N) is 4. The van der Waals surface area contributed by atoms with Crippen LogP contribution in [-0.2, 0) is 10.0 Å². The Labute approximate surface area is 163 Å². The summed E-state index contributed by atoms with van der Waals surface area (Å²) in [6.07, 6.45) is 3.43. The number of aromatic nitrogens is 4. The van der Waals surface area contributed by atoms with Crippen LogP contribution in [0.4, 0.5) is 5.82 Å². The van der Waals surface area contributed by atoms with Crippen LogP contribution in [0.15, 0.2) is 47.6 Å². The Hall–Kier alpha value is -2.98. The van der Waals surface area contributed by atoms with Gasteiger partial charge in [0.1, 0.15) is 11.6 Å². The van der Waals surface area contributed by atoms with E-state index in [2.05, 4.69) is 25.3 Å². The standard InChI is InChI=1S/C18H22N6O3S/c1-13-14(2)16(6-5-15(13)27-3)28(25,26)21-11-10-19-17-7-8-18(23-22-17)24-12-4-9-20-24/h4-9,12,21H,10-11H2,1-3H3,(H,19,22). The van der Waals surface area contributed by atoms with Gasteiger partial charge in [0.15, 0.2) is 5.82 Å². The van der Waals surface area contributed by atoms with Crippen molar-refractivity contribution in [1.29, 1.82) is 0 Å². The maximum atomic E-state index is 12.6. The van der Waals surface area contributed by atoms with Gasteiger partial charge in [0, 0.05) is 25.5 Å². The molecule has 0 aliphatic heterocycles. The molecule has 148 valence electrons. The maximum Gasteiger partial charge on any atom is 0.240 e. The fraction of sp³-hybridized carbons (Fsp3) is 0.278. The fourth-order valence-electron chi connectivity index (χ4n) is 2.68. The smallest absolute Gasteiger partial charge is 0.240 e. The summed E-state index contributed by atoms with van der Waals surface area (Å²) >= 11 is 0. The molecule has 28 heavy (non-hydrogen) atoms. The van der Waals surface area contributed by atoms with Crippen LogP contribution in [0.5, 0.6) is 5.75 Å². The Morgan fingerprint density at radius 1 is 1.07 bits per heavy atom. The molecule has 9 nitrogen and oxygen atoms in total. The predicted molar refractivity (Wildman–Crippen MR) is 105 cm³/mol. The highest BCUT2D eigenvalue weighted by atomic mass is 32.2. The van der Waals surface area contributed by atoms with Gasteiger partial charge in [0.05, 0.1) is 12.0 Å². The van der Waals surface area contributed by atoms with E-state index in [9.17, 15) is 8.42 Å². The monoisotopic (exact) mass is 402 g/mol. The molecule has 3 rings (SSSR count). The summed E-state index contributed by atoms with van der Waals surface area (Å²) < 4.78 is 34.6. The van der Waals surface area contributed by atoms with E-state index in [0.717, 1.165) is 5.56 Å². The first-order chi connectivity index (χ1) is 13.4. The highest BCUT2D eigenvalue weighted by Crippen LogP contribution is 2.26. The molecule has 3 aromatic rings. The lowest BCUT2D eigenvalue weighted by molar-refractivity contribution is 0.410. The average Bonchev–Trinajstić information content (AvgIpc) is 3.22. The van der Waals surface area contributed by atoms with Crippen LogP contribution in [0.1, 0.15) is 11.1 Å². The van der Waals surface area contributed by atoms with Gasteiger partial charge in [-0.3, -0.25) is 0 Å². The summed E-state index contributed by atoms with van der Waals surface area (Å²) in [6.45, 7) is 4.17. The van der Waals surface area contributed by atoms with Crippen molar-refractivity contribution in [3.05, 3.63) is 53.9 Å². The molecule has 0 fully saturated rings. The average molecular weight is 402 g/mol. The van der Waals surface area contributed by atoms with Crippen LogP contribution in [0.3, 0.4) is 0 Å². The zero-order chi connectivity index (χ0) is 20.1. The van der Waals surface area contributed by atoms with Gasteiger partial charge in [-0.1, -0.05) is 0 Å². The summed E-state index contributed by atoms with van der Waals surface area (Å²) in [4.78, 5) is 0.245. The van der Waals surface area contributed by atoms with Crippen LogP contribution in [-0.4, -0.2) is 48.6 Å². The van der Waals surface area contributed by atoms with E-state index in [4.69, 9.17) is 4.74 Å². The van der Waals surface area contributed by atoms with Gasteiger partial charge in [-0.25, -0.2) is 17.8 Å². The van der Waals surface area contributed by atoms with Crippen molar-refractivity contribution in [2.75, 3.05) is 25.5 Å². The zero-order valence-electron chi connectivity index (χ0n) is 15.9.